The standard InChI is InChI=1S/C16H17F2N3/c17-14(18)11-3-1-2-10(8-11)13-15(19)21(12-6-7-12)16(20-13)9-4-5-9/h1-3,8-9,12,14H,4-7,19H2. The van der Waals surface area contributed by atoms with Gasteiger partial charge in [0.2, 0.25) is 0 Å². The maximum absolute atomic E-state index is 12.9. The average molecular weight is 289 g/mol. The van der Waals surface area contributed by atoms with E-state index in [1.807, 2.05) is 0 Å². The number of benzene rings is 1. The summed E-state index contributed by atoms with van der Waals surface area (Å²) in [5.74, 6) is 2.18. The molecule has 5 heteroatoms. The van der Waals surface area contributed by atoms with E-state index in [4.69, 9.17) is 10.7 Å². The number of anilines is 1. The van der Waals surface area contributed by atoms with Crippen LogP contribution in [0.4, 0.5) is 14.6 Å². The second-order valence-electron chi connectivity index (χ2n) is 6.01. The Kier molecular flexibility index (Phi) is 2.77. The molecule has 0 aliphatic heterocycles. The van der Waals surface area contributed by atoms with Gasteiger partial charge in [0.05, 0.1) is 0 Å². The number of nitrogen functional groups attached to an aromatic ring is 1. The van der Waals surface area contributed by atoms with Crippen LogP contribution in [0.25, 0.3) is 11.3 Å². The molecule has 1 aromatic heterocycles. The number of aromatic nitrogens is 2. The van der Waals surface area contributed by atoms with Gasteiger partial charge in [0.25, 0.3) is 6.43 Å². The highest BCUT2D eigenvalue weighted by Crippen LogP contribution is 2.48. The van der Waals surface area contributed by atoms with Crippen molar-refractivity contribution in [2.24, 2.45) is 0 Å². The van der Waals surface area contributed by atoms with Crippen LogP contribution in [-0.2, 0) is 0 Å². The quantitative estimate of drug-likeness (QED) is 0.912. The largest absolute Gasteiger partial charge is 0.383 e. The summed E-state index contributed by atoms with van der Waals surface area (Å²) in [4.78, 5) is 4.70. The van der Waals surface area contributed by atoms with Crippen LogP contribution in [0.3, 0.4) is 0 Å². The Morgan fingerprint density at radius 3 is 2.57 bits per heavy atom. The van der Waals surface area contributed by atoms with E-state index in [1.165, 1.54) is 12.1 Å². The van der Waals surface area contributed by atoms with Gasteiger partial charge in [0, 0.05) is 23.1 Å². The van der Waals surface area contributed by atoms with Gasteiger partial charge in [0.15, 0.2) is 0 Å². The van der Waals surface area contributed by atoms with Crippen molar-refractivity contribution in [3.8, 4) is 11.3 Å². The Labute approximate surface area is 121 Å². The molecule has 2 aliphatic rings. The predicted molar refractivity (Wildman–Crippen MR) is 77.3 cm³/mol. The monoisotopic (exact) mass is 289 g/mol. The van der Waals surface area contributed by atoms with Crippen molar-refractivity contribution in [3.05, 3.63) is 35.7 Å². The highest BCUT2D eigenvalue weighted by atomic mass is 19.3. The molecule has 0 bridgehead atoms. The Hall–Kier alpha value is -1.91. The van der Waals surface area contributed by atoms with Crippen LogP contribution in [0.1, 0.15) is 55.5 Å². The van der Waals surface area contributed by atoms with Gasteiger partial charge in [-0.1, -0.05) is 18.2 Å². The maximum Gasteiger partial charge on any atom is 0.263 e. The van der Waals surface area contributed by atoms with E-state index in [2.05, 4.69) is 4.57 Å². The third-order valence-corrected chi connectivity index (χ3v) is 4.24. The van der Waals surface area contributed by atoms with Gasteiger partial charge in [-0.25, -0.2) is 13.8 Å². The zero-order chi connectivity index (χ0) is 14.6. The molecule has 2 fully saturated rings. The van der Waals surface area contributed by atoms with Gasteiger partial charge in [-0.05, 0) is 31.7 Å². The van der Waals surface area contributed by atoms with Crippen molar-refractivity contribution in [1.82, 2.24) is 9.55 Å². The minimum atomic E-state index is -2.47. The summed E-state index contributed by atoms with van der Waals surface area (Å²) in [6.07, 6.45) is 2.10. The molecule has 2 aliphatic carbocycles. The van der Waals surface area contributed by atoms with Crippen LogP contribution >= 0.6 is 0 Å². The normalized spacial score (nSPS) is 18.4. The molecule has 1 aromatic carbocycles. The van der Waals surface area contributed by atoms with Crippen molar-refractivity contribution in [2.45, 2.75) is 44.1 Å². The average Bonchev–Trinajstić information content (AvgIpc) is 3.37. The molecule has 0 atom stereocenters. The lowest BCUT2D eigenvalue weighted by molar-refractivity contribution is 0.151. The van der Waals surface area contributed by atoms with Crippen LogP contribution in [0, 0.1) is 0 Å². The summed E-state index contributed by atoms with van der Waals surface area (Å²) >= 11 is 0. The summed E-state index contributed by atoms with van der Waals surface area (Å²) < 4.78 is 27.9. The van der Waals surface area contributed by atoms with E-state index in [1.54, 1.807) is 12.1 Å². The molecule has 0 saturated heterocycles. The van der Waals surface area contributed by atoms with Gasteiger partial charge in [-0.2, -0.15) is 0 Å². The summed E-state index contributed by atoms with van der Waals surface area (Å²) in [6.45, 7) is 0. The molecule has 2 aromatic rings. The third-order valence-electron chi connectivity index (χ3n) is 4.24. The summed E-state index contributed by atoms with van der Waals surface area (Å²) in [5.41, 5.74) is 7.64. The van der Waals surface area contributed by atoms with Crippen LogP contribution < -0.4 is 5.73 Å². The number of halogens is 2. The minimum absolute atomic E-state index is 0.0147. The molecule has 0 amide bonds. The number of hydrogen-bond acceptors (Lipinski definition) is 2. The number of alkyl halides is 2. The van der Waals surface area contributed by atoms with Crippen molar-refractivity contribution >= 4 is 5.82 Å². The van der Waals surface area contributed by atoms with E-state index >= 15 is 0 Å². The Balaban J connectivity index is 1.81. The lowest BCUT2D eigenvalue weighted by Crippen LogP contribution is -2.04. The van der Waals surface area contributed by atoms with Crippen LogP contribution in [0.15, 0.2) is 24.3 Å². The summed E-state index contributed by atoms with van der Waals surface area (Å²) in [7, 11) is 0. The minimum Gasteiger partial charge on any atom is -0.383 e. The van der Waals surface area contributed by atoms with Crippen molar-refractivity contribution in [3.63, 3.8) is 0 Å². The molecule has 2 saturated carbocycles. The second kappa shape index (κ2) is 4.55. The molecule has 0 unspecified atom stereocenters. The van der Waals surface area contributed by atoms with E-state index < -0.39 is 6.43 Å². The molecule has 0 spiro atoms. The van der Waals surface area contributed by atoms with Crippen LogP contribution in [0.5, 0.6) is 0 Å². The van der Waals surface area contributed by atoms with E-state index in [0.717, 1.165) is 31.5 Å². The first-order chi connectivity index (χ1) is 10.1. The van der Waals surface area contributed by atoms with E-state index in [9.17, 15) is 8.78 Å². The molecule has 3 nitrogen and oxygen atoms in total. The predicted octanol–water partition coefficient (Wildman–Crippen LogP) is 4.28. The molecule has 21 heavy (non-hydrogen) atoms. The molecule has 2 N–H and O–H groups in total. The first-order valence-electron chi connectivity index (χ1n) is 7.41. The first-order valence-corrected chi connectivity index (χ1v) is 7.41. The molecule has 4 rings (SSSR count). The van der Waals surface area contributed by atoms with Gasteiger partial charge in [0.1, 0.15) is 17.3 Å². The Bertz CT molecular complexity index is 685. The number of nitrogens with two attached hydrogens (primary N) is 1. The topological polar surface area (TPSA) is 43.8 Å². The Morgan fingerprint density at radius 1 is 1.19 bits per heavy atom. The summed E-state index contributed by atoms with van der Waals surface area (Å²) in [6, 6.07) is 6.84. The van der Waals surface area contributed by atoms with Crippen molar-refractivity contribution in [1.29, 1.82) is 0 Å². The molecule has 110 valence electrons. The fraction of sp³-hybridized carbons (Fsp3) is 0.438. The lowest BCUT2D eigenvalue weighted by atomic mass is 10.1. The van der Waals surface area contributed by atoms with Gasteiger partial charge < -0.3 is 10.3 Å². The molecule has 0 radical (unpaired) electrons. The number of rotatable bonds is 4. The maximum atomic E-state index is 12.9. The third kappa shape index (κ3) is 2.20. The first kappa shape index (κ1) is 12.8. The molecule has 1 heterocycles. The van der Waals surface area contributed by atoms with Crippen LogP contribution in [0.2, 0.25) is 0 Å². The lowest BCUT2D eigenvalue weighted by Gasteiger charge is -2.07. The highest BCUT2D eigenvalue weighted by Gasteiger charge is 2.36. The second-order valence-corrected chi connectivity index (χ2v) is 6.01. The fourth-order valence-electron chi connectivity index (χ4n) is 2.84. The zero-order valence-electron chi connectivity index (χ0n) is 11.6. The van der Waals surface area contributed by atoms with Crippen molar-refractivity contribution in [2.75, 3.05) is 5.73 Å². The summed E-state index contributed by atoms with van der Waals surface area (Å²) in [5, 5.41) is 0. The van der Waals surface area contributed by atoms with Crippen molar-refractivity contribution < 1.29 is 8.78 Å². The zero-order valence-corrected chi connectivity index (χ0v) is 11.6. The number of nitrogens with zero attached hydrogens (tertiary/aromatic N) is 2. The molecular weight excluding hydrogens is 272 g/mol. The van der Waals surface area contributed by atoms with Crippen LogP contribution in [-0.4, -0.2) is 9.55 Å². The SMILES string of the molecule is Nc1c(-c2cccc(C(F)F)c2)nc(C2CC2)n1C1CC1. The smallest absolute Gasteiger partial charge is 0.263 e. The fourth-order valence-corrected chi connectivity index (χ4v) is 2.84. The number of imidazole rings is 1. The highest BCUT2D eigenvalue weighted by molar-refractivity contribution is 5.72. The van der Waals surface area contributed by atoms with Gasteiger partial charge in [-0.3, -0.25) is 0 Å². The van der Waals surface area contributed by atoms with E-state index in [0.29, 0.717) is 29.0 Å². The van der Waals surface area contributed by atoms with Gasteiger partial charge >= 0.3 is 0 Å². The molecular formula is C16H17F2N3. The number of hydrogen-bond donors (Lipinski definition) is 1. The Morgan fingerprint density at radius 2 is 1.95 bits per heavy atom. The van der Waals surface area contributed by atoms with E-state index in [-0.39, 0.29) is 5.56 Å². The van der Waals surface area contributed by atoms with Gasteiger partial charge in [-0.15, -0.1) is 0 Å².